The van der Waals surface area contributed by atoms with Crippen molar-refractivity contribution in [3.63, 3.8) is 0 Å². The molecule has 5 heteroatoms. The minimum atomic E-state index is -0.352. The van der Waals surface area contributed by atoms with Gasteiger partial charge in [0.15, 0.2) is 0 Å². The molecule has 3 aromatic rings. The molecule has 0 amide bonds. The summed E-state index contributed by atoms with van der Waals surface area (Å²) < 4.78 is 10.6. The number of benzene rings is 2. The highest BCUT2D eigenvalue weighted by atomic mass is 16.5. The summed E-state index contributed by atoms with van der Waals surface area (Å²) in [7, 11) is 1.42. The molecule has 5 nitrogen and oxygen atoms in total. The Morgan fingerprint density at radius 3 is 2.52 bits per heavy atom. The first-order valence-corrected chi connectivity index (χ1v) is 9.13. The maximum Gasteiger partial charge on any atom is 0.340 e. The average Bonchev–Trinajstić information content (AvgIpc) is 2.73. The Morgan fingerprint density at radius 1 is 1.07 bits per heavy atom. The first-order chi connectivity index (χ1) is 13.3. The molecule has 1 aromatic heterocycles. The number of hydrogen-bond acceptors (Lipinski definition) is 5. The van der Waals surface area contributed by atoms with E-state index in [-0.39, 0.29) is 5.97 Å². The van der Waals surface area contributed by atoms with Crippen LogP contribution in [-0.2, 0) is 16.0 Å². The molecule has 0 aliphatic carbocycles. The first-order valence-electron chi connectivity index (χ1n) is 9.13. The van der Waals surface area contributed by atoms with Crippen LogP contribution in [0.4, 0.5) is 0 Å². The van der Waals surface area contributed by atoms with E-state index >= 15 is 0 Å². The topological polar surface area (TPSA) is 51.7 Å². The Kier molecular flexibility index (Phi) is 5.14. The summed E-state index contributed by atoms with van der Waals surface area (Å²) in [6, 6.07) is 17.9. The molecule has 1 aliphatic heterocycles. The van der Waals surface area contributed by atoms with Crippen LogP contribution in [0.2, 0.25) is 0 Å². The number of aromatic nitrogens is 1. The van der Waals surface area contributed by atoms with Gasteiger partial charge in [0.2, 0.25) is 0 Å². The molecule has 1 saturated heterocycles. The molecule has 27 heavy (non-hydrogen) atoms. The summed E-state index contributed by atoms with van der Waals surface area (Å²) in [5, 5.41) is 0.954. The number of morpholine rings is 1. The van der Waals surface area contributed by atoms with Gasteiger partial charge in [-0.2, -0.15) is 0 Å². The van der Waals surface area contributed by atoms with Gasteiger partial charge in [-0.25, -0.2) is 4.79 Å². The van der Waals surface area contributed by atoms with Crippen LogP contribution in [-0.4, -0.2) is 49.3 Å². The lowest BCUT2D eigenvalue weighted by molar-refractivity contribution is 0.0333. The van der Waals surface area contributed by atoms with Gasteiger partial charge in [-0.1, -0.05) is 48.5 Å². The van der Waals surface area contributed by atoms with E-state index in [2.05, 4.69) is 4.90 Å². The summed E-state index contributed by atoms with van der Waals surface area (Å²) >= 11 is 0. The monoisotopic (exact) mass is 362 g/mol. The second-order valence-electron chi connectivity index (χ2n) is 6.57. The van der Waals surface area contributed by atoms with Gasteiger partial charge in [-0.15, -0.1) is 0 Å². The van der Waals surface area contributed by atoms with Crippen LogP contribution < -0.4 is 0 Å². The molecule has 0 unspecified atom stereocenters. The maximum absolute atomic E-state index is 12.8. The molecule has 0 N–H and O–H groups in total. The summed E-state index contributed by atoms with van der Waals surface area (Å²) in [5.74, 6) is -0.352. The molecule has 138 valence electrons. The summed E-state index contributed by atoms with van der Waals surface area (Å²) in [4.78, 5) is 19.9. The molecule has 1 aliphatic rings. The van der Waals surface area contributed by atoms with Crippen molar-refractivity contribution in [1.82, 2.24) is 9.88 Å². The number of methoxy groups -OCH3 is 1. The third-order valence-corrected chi connectivity index (χ3v) is 4.90. The Labute approximate surface area is 158 Å². The van der Waals surface area contributed by atoms with E-state index < -0.39 is 0 Å². The Morgan fingerprint density at radius 2 is 1.78 bits per heavy atom. The van der Waals surface area contributed by atoms with Crippen LogP contribution in [0.15, 0.2) is 54.6 Å². The molecule has 0 saturated carbocycles. The number of ether oxygens (including phenoxy) is 2. The molecule has 4 rings (SSSR count). The Bertz CT molecular complexity index is 950. The van der Waals surface area contributed by atoms with Crippen molar-refractivity contribution in [2.24, 2.45) is 0 Å². The van der Waals surface area contributed by atoms with E-state index in [9.17, 15) is 4.79 Å². The predicted molar refractivity (Wildman–Crippen MR) is 105 cm³/mol. The smallest absolute Gasteiger partial charge is 0.340 e. The van der Waals surface area contributed by atoms with Gasteiger partial charge in [0.25, 0.3) is 0 Å². The minimum absolute atomic E-state index is 0.352. The molecule has 1 fully saturated rings. The van der Waals surface area contributed by atoms with E-state index in [0.717, 1.165) is 40.8 Å². The standard InChI is InChI=1S/C22H22N2O3/c1-26-22(25)21-19(15-24-11-13-27-14-12-24)23-18-10-6-5-9-17(18)20(21)16-7-3-2-4-8-16/h2-10H,11-15H2,1H3. The van der Waals surface area contributed by atoms with Crippen molar-refractivity contribution >= 4 is 16.9 Å². The lowest BCUT2D eigenvalue weighted by atomic mass is 9.94. The van der Waals surface area contributed by atoms with Gasteiger partial charge in [-0.3, -0.25) is 9.88 Å². The zero-order valence-electron chi connectivity index (χ0n) is 15.4. The number of nitrogens with zero attached hydrogens (tertiary/aromatic N) is 2. The molecular weight excluding hydrogens is 340 g/mol. The first kappa shape index (κ1) is 17.6. The van der Waals surface area contributed by atoms with Gasteiger partial charge in [0, 0.05) is 30.6 Å². The second-order valence-corrected chi connectivity index (χ2v) is 6.57. The van der Waals surface area contributed by atoms with Gasteiger partial charge in [-0.05, 0) is 11.6 Å². The fourth-order valence-electron chi connectivity index (χ4n) is 3.57. The molecule has 2 heterocycles. The highest BCUT2D eigenvalue weighted by molar-refractivity contribution is 6.07. The van der Waals surface area contributed by atoms with Crippen molar-refractivity contribution < 1.29 is 14.3 Å². The van der Waals surface area contributed by atoms with E-state index in [1.165, 1.54) is 7.11 Å². The molecule has 0 bridgehead atoms. The lowest BCUT2D eigenvalue weighted by Crippen LogP contribution is -2.36. The number of hydrogen-bond donors (Lipinski definition) is 0. The number of rotatable bonds is 4. The van der Waals surface area contributed by atoms with Crippen molar-refractivity contribution in [2.45, 2.75) is 6.54 Å². The number of carbonyl (C=O) groups is 1. The summed E-state index contributed by atoms with van der Waals surface area (Å²) in [6.07, 6.45) is 0. The largest absolute Gasteiger partial charge is 0.465 e. The van der Waals surface area contributed by atoms with Gasteiger partial charge in [0.1, 0.15) is 0 Å². The Balaban J connectivity index is 1.94. The quantitative estimate of drug-likeness (QED) is 0.665. The number of fused-ring (bicyclic) bond motifs is 1. The SMILES string of the molecule is COC(=O)c1c(CN2CCOCC2)nc2ccccc2c1-c1ccccc1. The van der Waals surface area contributed by atoms with Crippen molar-refractivity contribution in [2.75, 3.05) is 33.4 Å². The van der Waals surface area contributed by atoms with Crippen molar-refractivity contribution in [1.29, 1.82) is 0 Å². The maximum atomic E-state index is 12.8. The summed E-state index contributed by atoms with van der Waals surface area (Å²) in [6.45, 7) is 3.66. The third kappa shape index (κ3) is 3.56. The lowest BCUT2D eigenvalue weighted by Gasteiger charge is -2.27. The van der Waals surface area contributed by atoms with Crippen LogP contribution in [0.1, 0.15) is 16.1 Å². The highest BCUT2D eigenvalue weighted by Crippen LogP contribution is 2.34. The van der Waals surface area contributed by atoms with E-state index in [1.54, 1.807) is 0 Å². The minimum Gasteiger partial charge on any atom is -0.465 e. The van der Waals surface area contributed by atoms with Gasteiger partial charge >= 0.3 is 5.97 Å². The van der Waals surface area contributed by atoms with Crippen LogP contribution in [0.25, 0.3) is 22.0 Å². The number of carbonyl (C=O) groups excluding carboxylic acids is 1. The number of para-hydroxylation sites is 1. The third-order valence-electron chi connectivity index (χ3n) is 4.90. The van der Waals surface area contributed by atoms with Crippen molar-refractivity contribution in [3.8, 4) is 11.1 Å². The normalized spacial score (nSPS) is 15.0. The van der Waals surface area contributed by atoms with E-state index in [4.69, 9.17) is 14.5 Å². The molecule has 0 atom stereocenters. The molecule has 0 radical (unpaired) electrons. The molecular formula is C22H22N2O3. The van der Waals surface area contributed by atoms with Gasteiger partial charge < -0.3 is 9.47 Å². The zero-order valence-corrected chi connectivity index (χ0v) is 15.4. The number of pyridine rings is 1. The van der Waals surface area contributed by atoms with Crippen LogP contribution in [0, 0.1) is 0 Å². The fraction of sp³-hybridized carbons (Fsp3) is 0.273. The van der Waals surface area contributed by atoms with E-state index in [1.807, 2.05) is 54.6 Å². The Hall–Kier alpha value is -2.76. The van der Waals surface area contributed by atoms with Gasteiger partial charge in [0.05, 0.1) is 37.1 Å². The molecule has 0 spiro atoms. The summed E-state index contributed by atoms with van der Waals surface area (Å²) in [5.41, 5.74) is 4.05. The fourth-order valence-corrected chi connectivity index (χ4v) is 3.57. The van der Waals surface area contributed by atoms with Crippen LogP contribution in [0.5, 0.6) is 0 Å². The van der Waals surface area contributed by atoms with Crippen LogP contribution >= 0.6 is 0 Å². The van der Waals surface area contributed by atoms with Crippen molar-refractivity contribution in [3.05, 3.63) is 65.9 Å². The molecule has 2 aromatic carbocycles. The average molecular weight is 362 g/mol. The number of esters is 1. The zero-order chi connectivity index (χ0) is 18.6. The van der Waals surface area contributed by atoms with Crippen LogP contribution in [0.3, 0.4) is 0 Å². The second kappa shape index (κ2) is 7.86. The predicted octanol–water partition coefficient (Wildman–Crippen LogP) is 3.52. The van der Waals surface area contributed by atoms with E-state index in [0.29, 0.717) is 25.3 Å². The highest BCUT2D eigenvalue weighted by Gasteiger charge is 2.24.